The van der Waals surface area contributed by atoms with Crippen LogP contribution >= 0.6 is 22.9 Å². The average molecular weight is 429 g/mol. The van der Waals surface area contributed by atoms with E-state index >= 15 is 0 Å². The van der Waals surface area contributed by atoms with Crippen molar-refractivity contribution in [1.82, 2.24) is 15.3 Å². The lowest BCUT2D eigenvalue weighted by molar-refractivity contribution is 0.0954. The third-order valence-electron chi connectivity index (χ3n) is 5.74. The van der Waals surface area contributed by atoms with E-state index in [1.807, 2.05) is 31.2 Å². The van der Waals surface area contributed by atoms with Gasteiger partial charge in [-0.25, -0.2) is 9.97 Å². The maximum atomic E-state index is 12.9. The number of hydrogen-bond donors (Lipinski definition) is 1. The van der Waals surface area contributed by atoms with E-state index in [9.17, 15) is 4.79 Å². The van der Waals surface area contributed by atoms with Gasteiger partial charge in [0.2, 0.25) is 0 Å². The summed E-state index contributed by atoms with van der Waals surface area (Å²) in [4.78, 5) is 25.8. The second kappa shape index (κ2) is 8.67. The van der Waals surface area contributed by atoms with Gasteiger partial charge in [-0.1, -0.05) is 43.0 Å². The molecule has 2 heterocycles. The van der Waals surface area contributed by atoms with E-state index in [-0.39, 0.29) is 5.91 Å². The number of halogens is 1. The lowest BCUT2D eigenvalue weighted by Gasteiger charge is -2.32. The summed E-state index contributed by atoms with van der Waals surface area (Å²) < 4.78 is 0. The Labute approximate surface area is 180 Å². The summed E-state index contributed by atoms with van der Waals surface area (Å²) in [6, 6.07) is 8.00. The largest absolute Gasteiger partial charge is 0.356 e. The highest BCUT2D eigenvalue weighted by Gasteiger charge is 2.24. The highest BCUT2D eigenvalue weighted by Crippen LogP contribution is 2.36. The molecule has 0 radical (unpaired) electrons. The summed E-state index contributed by atoms with van der Waals surface area (Å²) in [5.74, 6) is 0.860. The second-order valence-corrected chi connectivity index (χ2v) is 9.08. The number of anilines is 1. The lowest BCUT2D eigenvalue weighted by atomic mass is 9.94. The molecule has 5 nitrogen and oxygen atoms in total. The van der Waals surface area contributed by atoms with Gasteiger partial charge in [-0.05, 0) is 43.0 Å². The Hall–Kier alpha value is -2.18. The first kappa shape index (κ1) is 20.1. The highest BCUT2D eigenvalue weighted by molar-refractivity contribution is 7.20. The quantitative estimate of drug-likeness (QED) is 0.594. The van der Waals surface area contributed by atoms with Crippen molar-refractivity contribution in [1.29, 1.82) is 0 Å². The van der Waals surface area contributed by atoms with E-state index in [1.54, 1.807) is 6.33 Å². The van der Waals surface area contributed by atoms with Crippen molar-refractivity contribution in [3.63, 3.8) is 0 Å². The van der Waals surface area contributed by atoms with Gasteiger partial charge in [-0.15, -0.1) is 11.3 Å². The summed E-state index contributed by atoms with van der Waals surface area (Å²) in [7, 11) is 2.12. The number of nitrogens with one attached hydrogen (secondary N) is 1. The molecule has 0 unspecified atom stereocenters. The monoisotopic (exact) mass is 428 g/mol. The second-order valence-electron chi connectivity index (χ2n) is 7.65. The van der Waals surface area contributed by atoms with Crippen molar-refractivity contribution in [2.45, 2.75) is 51.6 Å². The molecule has 1 saturated carbocycles. The summed E-state index contributed by atoms with van der Waals surface area (Å²) in [6.07, 6.45) is 7.86. The van der Waals surface area contributed by atoms with Gasteiger partial charge < -0.3 is 10.2 Å². The number of carbonyl (C=O) groups excluding carboxylic acids is 1. The van der Waals surface area contributed by atoms with Crippen LogP contribution in [0.1, 0.15) is 52.9 Å². The van der Waals surface area contributed by atoms with Crippen LogP contribution in [0.4, 0.5) is 5.82 Å². The standard InChI is InChI=1S/C22H25ClN4OS/c1-14-18-20(27(2)17-6-4-3-5-7-17)25-13-26-22(18)29-19(14)21(28)24-12-15-8-10-16(23)11-9-15/h8-11,13,17H,3-7,12H2,1-2H3,(H,24,28). The van der Waals surface area contributed by atoms with E-state index < -0.39 is 0 Å². The fraction of sp³-hybridized carbons (Fsp3) is 0.409. The number of fused-ring (bicyclic) bond motifs is 1. The summed E-state index contributed by atoms with van der Waals surface area (Å²) in [6.45, 7) is 2.46. The van der Waals surface area contributed by atoms with Gasteiger partial charge in [0.05, 0.1) is 10.3 Å². The molecule has 1 aromatic carbocycles. The Morgan fingerprint density at radius 1 is 1.21 bits per heavy atom. The molecule has 0 saturated heterocycles. The normalized spacial score (nSPS) is 14.9. The maximum Gasteiger partial charge on any atom is 0.261 e. The molecule has 2 aromatic heterocycles. The number of nitrogens with zero attached hydrogens (tertiary/aromatic N) is 3. The summed E-state index contributed by atoms with van der Waals surface area (Å²) in [5.41, 5.74) is 1.97. The number of rotatable bonds is 5. The lowest BCUT2D eigenvalue weighted by Crippen LogP contribution is -2.34. The van der Waals surface area contributed by atoms with Crippen LogP contribution in [0.15, 0.2) is 30.6 Å². The van der Waals surface area contributed by atoms with Crippen molar-refractivity contribution in [2.24, 2.45) is 0 Å². The minimum atomic E-state index is -0.0771. The molecule has 4 rings (SSSR count). The van der Waals surface area contributed by atoms with Crippen LogP contribution in [0.25, 0.3) is 10.2 Å². The van der Waals surface area contributed by atoms with Gasteiger partial charge in [0.25, 0.3) is 5.91 Å². The third-order valence-corrected chi connectivity index (χ3v) is 7.19. The molecule has 1 fully saturated rings. The predicted molar refractivity (Wildman–Crippen MR) is 120 cm³/mol. The number of benzene rings is 1. The number of aromatic nitrogens is 2. The van der Waals surface area contributed by atoms with Crippen LogP contribution in [-0.4, -0.2) is 29.0 Å². The zero-order valence-electron chi connectivity index (χ0n) is 16.7. The van der Waals surface area contributed by atoms with Crippen LogP contribution in [0.5, 0.6) is 0 Å². The van der Waals surface area contributed by atoms with Crippen LogP contribution in [0.3, 0.4) is 0 Å². The van der Waals surface area contributed by atoms with Gasteiger partial charge in [0.1, 0.15) is 17.0 Å². The first-order valence-corrected chi connectivity index (χ1v) is 11.2. The molecular weight excluding hydrogens is 404 g/mol. The van der Waals surface area contributed by atoms with Gasteiger partial charge in [-0.3, -0.25) is 4.79 Å². The van der Waals surface area contributed by atoms with Gasteiger partial charge in [0.15, 0.2) is 0 Å². The predicted octanol–water partition coefficient (Wildman–Crippen LogP) is 5.35. The van der Waals surface area contributed by atoms with Gasteiger partial charge in [-0.2, -0.15) is 0 Å². The van der Waals surface area contributed by atoms with Crippen molar-refractivity contribution in [3.05, 3.63) is 51.6 Å². The summed E-state index contributed by atoms with van der Waals surface area (Å²) >= 11 is 7.37. The first-order valence-electron chi connectivity index (χ1n) is 10.0. The smallest absolute Gasteiger partial charge is 0.261 e. The maximum absolute atomic E-state index is 12.9. The number of aryl methyl sites for hydroxylation is 1. The Balaban J connectivity index is 1.58. The Kier molecular flexibility index (Phi) is 6.01. The summed E-state index contributed by atoms with van der Waals surface area (Å²) in [5, 5.41) is 4.71. The molecule has 1 aliphatic carbocycles. The topological polar surface area (TPSA) is 58.1 Å². The molecule has 0 atom stereocenters. The molecular formula is C22H25ClN4OS. The van der Waals surface area contributed by atoms with Gasteiger partial charge >= 0.3 is 0 Å². The zero-order chi connectivity index (χ0) is 20.4. The molecule has 3 aromatic rings. The fourth-order valence-corrected chi connectivity index (χ4v) is 5.23. The van der Waals surface area contributed by atoms with Crippen LogP contribution < -0.4 is 10.2 Å². The Morgan fingerprint density at radius 3 is 2.66 bits per heavy atom. The van der Waals surface area contributed by atoms with E-state index in [4.69, 9.17) is 11.6 Å². The Morgan fingerprint density at radius 2 is 1.93 bits per heavy atom. The minimum absolute atomic E-state index is 0.0771. The number of hydrogen-bond acceptors (Lipinski definition) is 5. The van der Waals surface area contributed by atoms with E-state index in [1.165, 1.54) is 43.4 Å². The SMILES string of the molecule is Cc1c(C(=O)NCc2ccc(Cl)cc2)sc2ncnc(N(C)C3CCCCC3)c12. The average Bonchev–Trinajstić information content (AvgIpc) is 3.10. The van der Waals surface area contributed by atoms with Crippen LogP contribution in [0, 0.1) is 6.92 Å². The Bertz CT molecular complexity index is 1010. The molecule has 1 aliphatic rings. The van der Waals surface area contributed by atoms with E-state index in [2.05, 4.69) is 27.2 Å². The van der Waals surface area contributed by atoms with Crippen molar-refractivity contribution in [3.8, 4) is 0 Å². The van der Waals surface area contributed by atoms with E-state index in [0.717, 1.165) is 27.2 Å². The number of thiophene rings is 1. The molecule has 0 bridgehead atoms. The fourth-order valence-electron chi connectivity index (χ4n) is 4.04. The molecule has 1 N–H and O–H groups in total. The number of carbonyl (C=O) groups is 1. The zero-order valence-corrected chi connectivity index (χ0v) is 18.3. The van der Waals surface area contributed by atoms with Crippen molar-refractivity contribution >= 4 is 44.9 Å². The number of amides is 1. The molecule has 0 aliphatic heterocycles. The molecule has 0 spiro atoms. The molecule has 7 heteroatoms. The van der Waals surface area contributed by atoms with Gasteiger partial charge in [0, 0.05) is 24.7 Å². The van der Waals surface area contributed by atoms with Crippen LogP contribution in [0.2, 0.25) is 5.02 Å². The molecule has 152 valence electrons. The van der Waals surface area contributed by atoms with Crippen molar-refractivity contribution < 1.29 is 4.79 Å². The molecule has 29 heavy (non-hydrogen) atoms. The van der Waals surface area contributed by atoms with Crippen molar-refractivity contribution in [2.75, 3.05) is 11.9 Å². The minimum Gasteiger partial charge on any atom is -0.356 e. The van der Waals surface area contributed by atoms with Crippen LogP contribution in [-0.2, 0) is 6.54 Å². The molecule has 1 amide bonds. The third kappa shape index (κ3) is 4.23. The first-order chi connectivity index (χ1) is 14.0. The van der Waals surface area contributed by atoms with E-state index in [0.29, 0.717) is 22.5 Å². The highest BCUT2D eigenvalue weighted by atomic mass is 35.5.